The van der Waals surface area contributed by atoms with Gasteiger partial charge in [0.25, 0.3) is 0 Å². The maximum Gasteiger partial charge on any atom is 0.211 e. The molecule has 9 heteroatoms. The molecular weight excluding hydrogens is 258 g/mol. The van der Waals surface area contributed by atoms with E-state index in [1.807, 2.05) is 6.07 Å². The summed E-state index contributed by atoms with van der Waals surface area (Å²) < 4.78 is 0. The summed E-state index contributed by atoms with van der Waals surface area (Å²) in [6, 6.07) is 1.83. The molecule has 1 aromatic heterocycles. The fourth-order valence-corrected chi connectivity index (χ4v) is 1.22. The van der Waals surface area contributed by atoms with Crippen molar-refractivity contribution >= 4 is 23.3 Å². The Kier molecular flexibility index (Phi) is 5.15. The number of pyridine rings is 1. The average molecular weight is 275 g/mol. The molecule has 0 aliphatic carbocycles. The fourth-order valence-electron chi connectivity index (χ4n) is 1.22. The van der Waals surface area contributed by atoms with Gasteiger partial charge in [-0.15, -0.1) is 10.2 Å². The molecule has 1 heterocycles. The number of guanidine groups is 2. The van der Waals surface area contributed by atoms with Crippen LogP contribution in [0.15, 0.2) is 38.9 Å². The molecule has 0 radical (unpaired) electrons. The minimum atomic E-state index is -0.112. The van der Waals surface area contributed by atoms with Gasteiger partial charge in [0, 0.05) is 23.5 Å². The van der Waals surface area contributed by atoms with Crippen molar-refractivity contribution in [3.8, 4) is 0 Å². The Balaban J connectivity index is 3.08. The van der Waals surface area contributed by atoms with Gasteiger partial charge < -0.3 is 22.9 Å². The topological polar surface area (TPSA) is 166 Å². The van der Waals surface area contributed by atoms with E-state index in [4.69, 9.17) is 22.9 Å². The number of rotatable bonds is 4. The molecule has 0 unspecified atom stereocenters. The van der Waals surface area contributed by atoms with E-state index in [0.29, 0.717) is 11.4 Å². The number of aromatic nitrogens is 1. The molecule has 20 heavy (non-hydrogen) atoms. The van der Waals surface area contributed by atoms with Crippen LogP contribution in [-0.2, 0) is 0 Å². The average Bonchev–Trinajstić information content (AvgIpc) is 2.42. The van der Waals surface area contributed by atoms with E-state index in [2.05, 4.69) is 25.4 Å². The molecular formula is C11H17N9. The van der Waals surface area contributed by atoms with E-state index in [1.165, 1.54) is 0 Å². The standard InChI is InChI=1S/C11H17N9/c1-6(17-19-10(12)13)8-3-9(5-16-4-8)7(2)18-20-11(14)15/h3-5H,1-2H3,(H4,12,13,19)(H4,14,15,20)/b17-6+,18-7+. The van der Waals surface area contributed by atoms with Crippen LogP contribution in [0.5, 0.6) is 0 Å². The van der Waals surface area contributed by atoms with Gasteiger partial charge >= 0.3 is 0 Å². The first-order valence-electron chi connectivity index (χ1n) is 5.62. The van der Waals surface area contributed by atoms with Gasteiger partial charge in [-0.05, 0) is 19.9 Å². The highest BCUT2D eigenvalue weighted by Crippen LogP contribution is 2.06. The lowest BCUT2D eigenvalue weighted by molar-refractivity contribution is 1.18. The number of hydrogen-bond donors (Lipinski definition) is 4. The maximum absolute atomic E-state index is 5.21. The normalized spacial score (nSPS) is 11.9. The second-order valence-corrected chi connectivity index (χ2v) is 3.88. The van der Waals surface area contributed by atoms with Gasteiger partial charge in [-0.25, -0.2) is 0 Å². The molecule has 0 aliphatic rings. The van der Waals surface area contributed by atoms with E-state index >= 15 is 0 Å². The molecule has 0 bridgehead atoms. The summed E-state index contributed by atoms with van der Waals surface area (Å²) in [5.41, 5.74) is 23.6. The van der Waals surface area contributed by atoms with Crippen LogP contribution in [0.3, 0.4) is 0 Å². The van der Waals surface area contributed by atoms with Gasteiger partial charge in [0.05, 0.1) is 11.4 Å². The Bertz CT molecular complexity index is 540. The van der Waals surface area contributed by atoms with Crippen molar-refractivity contribution in [2.24, 2.45) is 43.3 Å². The van der Waals surface area contributed by atoms with Gasteiger partial charge in [0.15, 0.2) is 0 Å². The first-order chi connectivity index (χ1) is 9.40. The van der Waals surface area contributed by atoms with Crippen LogP contribution < -0.4 is 22.9 Å². The van der Waals surface area contributed by atoms with Crippen LogP contribution in [0.4, 0.5) is 0 Å². The zero-order valence-electron chi connectivity index (χ0n) is 11.3. The first-order valence-corrected chi connectivity index (χ1v) is 5.62. The SMILES string of the molecule is C/C(=N\N=C(N)N)c1cncc(/C(C)=N/N=C(N)N)c1. The Labute approximate surface area is 116 Å². The number of nitrogens with zero attached hydrogens (tertiary/aromatic N) is 5. The molecule has 8 N–H and O–H groups in total. The summed E-state index contributed by atoms with van der Waals surface area (Å²) in [5.74, 6) is -0.224. The van der Waals surface area contributed by atoms with Crippen molar-refractivity contribution in [3.63, 3.8) is 0 Å². The van der Waals surface area contributed by atoms with Crippen LogP contribution in [0.25, 0.3) is 0 Å². The van der Waals surface area contributed by atoms with Gasteiger partial charge in [-0.3, -0.25) is 4.98 Å². The molecule has 0 amide bonds. The predicted octanol–water partition coefficient (Wildman–Crippen LogP) is -0.924. The Morgan fingerprint density at radius 1 is 0.800 bits per heavy atom. The third kappa shape index (κ3) is 4.72. The number of hydrogen-bond acceptors (Lipinski definition) is 5. The minimum Gasteiger partial charge on any atom is -0.369 e. The van der Waals surface area contributed by atoms with Gasteiger partial charge in [0.2, 0.25) is 11.9 Å². The molecule has 0 saturated heterocycles. The molecule has 0 aliphatic heterocycles. The smallest absolute Gasteiger partial charge is 0.211 e. The van der Waals surface area contributed by atoms with Gasteiger partial charge in [-0.1, -0.05) is 0 Å². The summed E-state index contributed by atoms with van der Waals surface area (Å²) in [7, 11) is 0. The number of nitrogens with two attached hydrogens (primary N) is 4. The van der Waals surface area contributed by atoms with Crippen LogP contribution in [0, 0.1) is 0 Å². The molecule has 0 aromatic carbocycles. The van der Waals surface area contributed by atoms with Crippen molar-refractivity contribution in [3.05, 3.63) is 29.6 Å². The monoisotopic (exact) mass is 275 g/mol. The highest BCUT2D eigenvalue weighted by Gasteiger charge is 2.03. The summed E-state index contributed by atoms with van der Waals surface area (Å²) in [6.45, 7) is 3.52. The van der Waals surface area contributed by atoms with E-state index in [0.717, 1.165) is 11.1 Å². The largest absolute Gasteiger partial charge is 0.369 e. The van der Waals surface area contributed by atoms with Gasteiger partial charge in [0.1, 0.15) is 0 Å². The fraction of sp³-hybridized carbons (Fsp3) is 0.182. The second-order valence-electron chi connectivity index (χ2n) is 3.88. The first kappa shape index (κ1) is 15.1. The van der Waals surface area contributed by atoms with Crippen molar-refractivity contribution in [2.45, 2.75) is 13.8 Å². The zero-order chi connectivity index (χ0) is 15.1. The third-order valence-corrected chi connectivity index (χ3v) is 2.20. The van der Waals surface area contributed by atoms with Crippen molar-refractivity contribution in [2.75, 3.05) is 0 Å². The molecule has 9 nitrogen and oxygen atoms in total. The summed E-state index contributed by atoms with van der Waals surface area (Å²) in [4.78, 5) is 4.10. The maximum atomic E-state index is 5.21. The van der Waals surface area contributed by atoms with E-state index in [1.54, 1.807) is 26.2 Å². The van der Waals surface area contributed by atoms with Crippen LogP contribution in [0.1, 0.15) is 25.0 Å². The molecule has 1 aromatic rings. The van der Waals surface area contributed by atoms with Crippen molar-refractivity contribution in [1.82, 2.24) is 4.98 Å². The quantitative estimate of drug-likeness (QED) is 0.316. The minimum absolute atomic E-state index is 0.112. The van der Waals surface area contributed by atoms with E-state index < -0.39 is 0 Å². The van der Waals surface area contributed by atoms with Crippen LogP contribution >= 0.6 is 0 Å². The molecule has 0 atom stereocenters. The highest BCUT2D eigenvalue weighted by molar-refractivity contribution is 6.03. The Hall–Kier alpha value is -2.97. The summed E-state index contributed by atoms with van der Waals surface area (Å²) in [5, 5.41) is 14.9. The van der Waals surface area contributed by atoms with E-state index in [9.17, 15) is 0 Å². The van der Waals surface area contributed by atoms with Gasteiger partial charge in [-0.2, -0.15) is 10.2 Å². The lowest BCUT2D eigenvalue weighted by atomic mass is 10.1. The highest BCUT2D eigenvalue weighted by atomic mass is 15.3. The summed E-state index contributed by atoms with van der Waals surface area (Å²) in [6.07, 6.45) is 3.27. The second kappa shape index (κ2) is 6.83. The van der Waals surface area contributed by atoms with Crippen molar-refractivity contribution in [1.29, 1.82) is 0 Å². The summed E-state index contributed by atoms with van der Waals surface area (Å²) >= 11 is 0. The lowest BCUT2D eigenvalue weighted by Gasteiger charge is -2.02. The molecule has 0 spiro atoms. The van der Waals surface area contributed by atoms with Crippen LogP contribution in [0.2, 0.25) is 0 Å². The Morgan fingerprint density at radius 2 is 1.20 bits per heavy atom. The molecule has 0 fully saturated rings. The molecule has 1 rings (SSSR count). The Morgan fingerprint density at radius 3 is 1.55 bits per heavy atom. The predicted molar refractivity (Wildman–Crippen MR) is 80.3 cm³/mol. The van der Waals surface area contributed by atoms with E-state index in [-0.39, 0.29) is 11.9 Å². The third-order valence-electron chi connectivity index (χ3n) is 2.20. The molecule has 106 valence electrons. The van der Waals surface area contributed by atoms with Crippen LogP contribution in [-0.4, -0.2) is 28.3 Å². The lowest BCUT2D eigenvalue weighted by Crippen LogP contribution is -2.22. The van der Waals surface area contributed by atoms with Crippen molar-refractivity contribution < 1.29 is 0 Å². The zero-order valence-corrected chi connectivity index (χ0v) is 11.3. The molecule has 0 saturated carbocycles.